The summed E-state index contributed by atoms with van der Waals surface area (Å²) in [6.45, 7) is 5.73. The molecule has 1 amide bonds. The number of aromatic amines is 1. The Morgan fingerprint density at radius 3 is 2.64 bits per heavy atom. The van der Waals surface area contributed by atoms with E-state index in [4.69, 9.17) is 16.3 Å². The second-order valence-electron chi connectivity index (χ2n) is 7.65. The normalized spacial score (nSPS) is 15.2. The van der Waals surface area contributed by atoms with Gasteiger partial charge in [-0.15, -0.1) is 0 Å². The molecule has 2 aromatic carbocycles. The first-order valence-electron chi connectivity index (χ1n) is 9.75. The molecule has 0 aliphatic carbocycles. The Morgan fingerprint density at radius 1 is 1.11 bits per heavy atom. The number of nitrogens with one attached hydrogen (secondary N) is 1. The molecule has 1 saturated heterocycles. The van der Waals surface area contributed by atoms with Crippen LogP contribution in [0.2, 0.25) is 5.02 Å². The van der Waals surface area contributed by atoms with Crippen molar-refractivity contribution in [2.75, 3.05) is 19.7 Å². The molecule has 2 heterocycles. The van der Waals surface area contributed by atoms with Crippen LogP contribution in [0.25, 0.3) is 10.9 Å². The fourth-order valence-electron chi connectivity index (χ4n) is 3.83. The van der Waals surface area contributed by atoms with Gasteiger partial charge >= 0.3 is 0 Å². The Hall–Kier alpha value is -2.46. The molecule has 0 spiro atoms. The number of aryl methyl sites for hydroxylation is 2. The van der Waals surface area contributed by atoms with Crippen molar-refractivity contribution in [1.29, 1.82) is 0 Å². The third-order valence-corrected chi connectivity index (χ3v) is 5.97. The van der Waals surface area contributed by atoms with Crippen molar-refractivity contribution in [3.8, 4) is 5.75 Å². The molecule has 1 aliphatic rings. The zero-order valence-electron chi connectivity index (χ0n) is 16.3. The van der Waals surface area contributed by atoms with E-state index in [1.807, 2.05) is 48.2 Å². The number of H-pyrrole nitrogens is 1. The minimum Gasteiger partial charge on any atom is -0.484 e. The molecule has 146 valence electrons. The van der Waals surface area contributed by atoms with Gasteiger partial charge in [0, 0.05) is 40.6 Å². The SMILES string of the molecule is Cc1ccc(OCC(=O)N2CCC(c3cc4cc(Cl)ccc4[nH]3)CC2)cc1C. The number of carbonyl (C=O) groups is 1. The highest BCUT2D eigenvalue weighted by atomic mass is 35.5. The van der Waals surface area contributed by atoms with Gasteiger partial charge in [-0.2, -0.15) is 0 Å². The van der Waals surface area contributed by atoms with Crippen LogP contribution in [0.3, 0.4) is 0 Å². The van der Waals surface area contributed by atoms with E-state index in [-0.39, 0.29) is 12.5 Å². The van der Waals surface area contributed by atoms with Crippen molar-refractivity contribution in [2.24, 2.45) is 0 Å². The van der Waals surface area contributed by atoms with Crippen LogP contribution >= 0.6 is 11.6 Å². The van der Waals surface area contributed by atoms with Crippen molar-refractivity contribution in [3.05, 3.63) is 64.3 Å². The van der Waals surface area contributed by atoms with Gasteiger partial charge in [0.25, 0.3) is 5.91 Å². The Morgan fingerprint density at radius 2 is 1.89 bits per heavy atom. The third-order valence-electron chi connectivity index (χ3n) is 5.73. The molecule has 28 heavy (non-hydrogen) atoms. The lowest BCUT2D eigenvalue weighted by atomic mass is 9.93. The fourth-order valence-corrected chi connectivity index (χ4v) is 4.01. The van der Waals surface area contributed by atoms with Gasteiger partial charge in [0.15, 0.2) is 6.61 Å². The molecule has 1 aliphatic heterocycles. The van der Waals surface area contributed by atoms with Crippen LogP contribution in [-0.2, 0) is 4.79 Å². The summed E-state index contributed by atoms with van der Waals surface area (Å²) in [7, 11) is 0. The topological polar surface area (TPSA) is 45.3 Å². The summed E-state index contributed by atoms with van der Waals surface area (Å²) in [6, 6.07) is 14.0. The Kier molecular flexibility index (Phi) is 5.31. The zero-order chi connectivity index (χ0) is 19.7. The maximum atomic E-state index is 12.5. The minimum atomic E-state index is 0.0557. The van der Waals surface area contributed by atoms with Gasteiger partial charge < -0.3 is 14.6 Å². The van der Waals surface area contributed by atoms with Crippen molar-refractivity contribution in [1.82, 2.24) is 9.88 Å². The lowest BCUT2D eigenvalue weighted by Crippen LogP contribution is -2.40. The van der Waals surface area contributed by atoms with Crippen molar-refractivity contribution >= 4 is 28.4 Å². The van der Waals surface area contributed by atoms with Gasteiger partial charge in [-0.05, 0) is 74.2 Å². The standard InChI is InChI=1S/C23H25ClN2O2/c1-15-3-5-20(11-16(15)2)28-14-23(27)26-9-7-17(8-10-26)22-13-18-12-19(24)4-6-21(18)25-22/h3-6,11-13,17,25H,7-10,14H2,1-2H3. The highest BCUT2D eigenvalue weighted by molar-refractivity contribution is 6.31. The van der Waals surface area contributed by atoms with E-state index in [2.05, 4.69) is 18.0 Å². The number of fused-ring (bicyclic) bond motifs is 1. The van der Waals surface area contributed by atoms with Gasteiger partial charge in [0.1, 0.15) is 5.75 Å². The number of aromatic nitrogens is 1. The second-order valence-corrected chi connectivity index (χ2v) is 8.08. The predicted molar refractivity (Wildman–Crippen MR) is 113 cm³/mol. The quantitative estimate of drug-likeness (QED) is 0.656. The number of amides is 1. The molecule has 0 atom stereocenters. The van der Waals surface area contributed by atoms with Crippen LogP contribution < -0.4 is 4.74 Å². The Bertz CT molecular complexity index is 1000. The van der Waals surface area contributed by atoms with Crippen molar-refractivity contribution < 1.29 is 9.53 Å². The largest absolute Gasteiger partial charge is 0.484 e. The van der Waals surface area contributed by atoms with E-state index in [1.165, 1.54) is 16.8 Å². The molecule has 0 radical (unpaired) electrons. The molecule has 0 saturated carbocycles. The summed E-state index contributed by atoms with van der Waals surface area (Å²) >= 11 is 6.09. The maximum Gasteiger partial charge on any atom is 0.260 e. The molecule has 1 aromatic heterocycles. The number of nitrogens with zero attached hydrogens (tertiary/aromatic N) is 1. The summed E-state index contributed by atoms with van der Waals surface area (Å²) in [5, 5.41) is 1.89. The van der Waals surface area contributed by atoms with Gasteiger partial charge in [-0.25, -0.2) is 0 Å². The summed E-state index contributed by atoms with van der Waals surface area (Å²) in [6.07, 6.45) is 1.91. The first-order chi connectivity index (χ1) is 13.5. The zero-order valence-corrected chi connectivity index (χ0v) is 17.1. The number of piperidine rings is 1. The van der Waals surface area contributed by atoms with E-state index in [0.717, 1.165) is 47.6 Å². The van der Waals surface area contributed by atoms with Crippen LogP contribution in [-0.4, -0.2) is 35.5 Å². The number of halogens is 1. The first-order valence-corrected chi connectivity index (χ1v) is 10.1. The monoisotopic (exact) mass is 396 g/mol. The molecule has 1 N–H and O–H groups in total. The highest BCUT2D eigenvalue weighted by Gasteiger charge is 2.25. The van der Waals surface area contributed by atoms with Gasteiger partial charge in [0.05, 0.1) is 0 Å². The number of carbonyl (C=O) groups excluding carboxylic acids is 1. The van der Waals surface area contributed by atoms with Crippen LogP contribution in [0.4, 0.5) is 0 Å². The molecular weight excluding hydrogens is 372 g/mol. The highest BCUT2D eigenvalue weighted by Crippen LogP contribution is 2.31. The molecule has 5 heteroatoms. The minimum absolute atomic E-state index is 0.0557. The van der Waals surface area contributed by atoms with Crippen LogP contribution in [0.5, 0.6) is 5.75 Å². The van der Waals surface area contributed by atoms with E-state index in [1.54, 1.807) is 0 Å². The van der Waals surface area contributed by atoms with Crippen molar-refractivity contribution in [2.45, 2.75) is 32.6 Å². The number of hydrogen-bond acceptors (Lipinski definition) is 2. The molecule has 0 unspecified atom stereocenters. The van der Waals surface area contributed by atoms with Gasteiger partial charge in [-0.1, -0.05) is 17.7 Å². The second kappa shape index (κ2) is 7.88. The first kappa shape index (κ1) is 18.9. The predicted octanol–water partition coefficient (Wildman–Crippen LogP) is 5.22. The Labute approximate surface area is 170 Å². The van der Waals surface area contributed by atoms with Gasteiger partial charge in [-0.3, -0.25) is 4.79 Å². The number of benzene rings is 2. The van der Waals surface area contributed by atoms with Crippen LogP contribution in [0.1, 0.15) is 35.6 Å². The van der Waals surface area contributed by atoms with Crippen LogP contribution in [0, 0.1) is 13.8 Å². The van der Waals surface area contributed by atoms with Crippen LogP contribution in [0.15, 0.2) is 42.5 Å². The molecular formula is C23H25ClN2O2. The molecule has 4 rings (SSSR count). The Balaban J connectivity index is 1.32. The van der Waals surface area contributed by atoms with E-state index in [9.17, 15) is 4.79 Å². The van der Waals surface area contributed by atoms with Gasteiger partial charge in [0.2, 0.25) is 0 Å². The number of likely N-dealkylation sites (tertiary alicyclic amines) is 1. The number of ether oxygens (including phenoxy) is 1. The fraction of sp³-hybridized carbons (Fsp3) is 0.348. The molecule has 3 aromatic rings. The summed E-state index contributed by atoms with van der Waals surface area (Å²) in [5.74, 6) is 1.25. The average molecular weight is 397 g/mol. The number of hydrogen-bond donors (Lipinski definition) is 1. The third kappa shape index (κ3) is 4.02. The molecule has 1 fully saturated rings. The maximum absolute atomic E-state index is 12.5. The lowest BCUT2D eigenvalue weighted by molar-refractivity contribution is -0.134. The summed E-state index contributed by atoms with van der Waals surface area (Å²) < 4.78 is 5.71. The summed E-state index contributed by atoms with van der Waals surface area (Å²) in [4.78, 5) is 17.9. The van der Waals surface area contributed by atoms with Crippen molar-refractivity contribution in [3.63, 3.8) is 0 Å². The number of rotatable bonds is 4. The van der Waals surface area contributed by atoms with E-state index < -0.39 is 0 Å². The molecule has 0 bridgehead atoms. The van der Waals surface area contributed by atoms with E-state index >= 15 is 0 Å². The smallest absolute Gasteiger partial charge is 0.260 e. The molecule has 4 nitrogen and oxygen atoms in total. The summed E-state index contributed by atoms with van der Waals surface area (Å²) in [5.41, 5.74) is 4.74. The average Bonchev–Trinajstić information content (AvgIpc) is 3.12. The lowest BCUT2D eigenvalue weighted by Gasteiger charge is -2.31. The van der Waals surface area contributed by atoms with E-state index in [0.29, 0.717) is 5.92 Å².